The van der Waals surface area contributed by atoms with E-state index in [1.807, 2.05) is 66.7 Å². The van der Waals surface area contributed by atoms with Gasteiger partial charge in [0, 0.05) is 23.6 Å². The van der Waals surface area contributed by atoms with Crippen LogP contribution in [0.2, 0.25) is 5.02 Å². The molecule has 0 saturated carbocycles. The van der Waals surface area contributed by atoms with E-state index < -0.39 is 0 Å². The van der Waals surface area contributed by atoms with Crippen molar-refractivity contribution < 1.29 is 14.3 Å². The third-order valence-electron chi connectivity index (χ3n) is 5.19. The van der Waals surface area contributed by atoms with Crippen LogP contribution in [0.15, 0.2) is 71.8 Å². The Morgan fingerprint density at radius 2 is 1.68 bits per heavy atom. The van der Waals surface area contributed by atoms with E-state index in [4.69, 9.17) is 31.0 Å². The maximum absolute atomic E-state index is 12.6. The van der Waals surface area contributed by atoms with Crippen LogP contribution >= 0.6 is 23.4 Å². The summed E-state index contributed by atoms with van der Waals surface area (Å²) in [6.45, 7) is 0.334. The first-order chi connectivity index (χ1) is 16.6. The third-order valence-corrected chi connectivity index (χ3v) is 6.45. The summed E-state index contributed by atoms with van der Waals surface area (Å²) in [5, 5.41) is 4.38. The molecule has 0 atom stereocenters. The highest BCUT2D eigenvalue weighted by atomic mass is 35.5. The molecule has 1 heterocycles. The molecule has 0 aliphatic carbocycles. The summed E-state index contributed by atoms with van der Waals surface area (Å²) >= 11 is 7.40. The molecule has 6 nitrogen and oxygen atoms in total. The predicted octanol–water partition coefficient (Wildman–Crippen LogP) is 5.30. The van der Waals surface area contributed by atoms with Gasteiger partial charge in [-0.15, -0.1) is 0 Å². The molecule has 0 radical (unpaired) electrons. The SMILES string of the molecule is COc1cccc(CNC(=O)CSc2nc3ccccc3nc2Cc2ccc(Cl)cc2)c1OC. The minimum absolute atomic E-state index is 0.109. The summed E-state index contributed by atoms with van der Waals surface area (Å²) in [5.41, 5.74) is 4.37. The third kappa shape index (κ3) is 5.79. The lowest BCUT2D eigenvalue weighted by Crippen LogP contribution is -2.25. The van der Waals surface area contributed by atoms with Gasteiger partial charge < -0.3 is 14.8 Å². The second kappa shape index (κ2) is 11.2. The molecule has 8 heteroatoms. The molecule has 0 aliphatic rings. The van der Waals surface area contributed by atoms with Crippen LogP contribution in [0.5, 0.6) is 11.5 Å². The number of fused-ring (bicyclic) bond motifs is 1. The molecule has 0 aliphatic heterocycles. The van der Waals surface area contributed by atoms with Crippen molar-refractivity contribution >= 4 is 40.3 Å². The Morgan fingerprint density at radius 1 is 0.941 bits per heavy atom. The Hall–Kier alpha value is -3.29. The molecule has 4 aromatic rings. The number of nitrogens with zero attached hydrogens (tertiary/aromatic N) is 2. The van der Waals surface area contributed by atoms with Crippen LogP contribution in [0.1, 0.15) is 16.8 Å². The average Bonchev–Trinajstić information content (AvgIpc) is 2.87. The summed E-state index contributed by atoms with van der Waals surface area (Å²) in [6, 6.07) is 21.0. The number of ether oxygens (including phenoxy) is 2. The molecule has 1 aromatic heterocycles. The first-order valence-electron chi connectivity index (χ1n) is 10.7. The lowest BCUT2D eigenvalue weighted by molar-refractivity contribution is -0.118. The molecule has 34 heavy (non-hydrogen) atoms. The predicted molar refractivity (Wildman–Crippen MR) is 136 cm³/mol. The number of hydrogen-bond acceptors (Lipinski definition) is 6. The number of halogens is 1. The van der Waals surface area contributed by atoms with Crippen molar-refractivity contribution in [1.82, 2.24) is 15.3 Å². The Kier molecular flexibility index (Phi) is 7.87. The number of para-hydroxylation sites is 3. The van der Waals surface area contributed by atoms with E-state index in [2.05, 4.69) is 5.32 Å². The number of amides is 1. The molecular formula is C26H24ClN3O3S. The van der Waals surface area contributed by atoms with Crippen LogP contribution in [0.25, 0.3) is 11.0 Å². The van der Waals surface area contributed by atoms with Gasteiger partial charge in [-0.3, -0.25) is 4.79 Å². The minimum Gasteiger partial charge on any atom is -0.493 e. The van der Waals surface area contributed by atoms with Crippen LogP contribution in [-0.2, 0) is 17.8 Å². The van der Waals surface area contributed by atoms with E-state index in [9.17, 15) is 4.79 Å². The number of benzene rings is 3. The van der Waals surface area contributed by atoms with Crippen molar-refractivity contribution in [3.63, 3.8) is 0 Å². The van der Waals surface area contributed by atoms with E-state index in [0.717, 1.165) is 32.9 Å². The zero-order valence-corrected chi connectivity index (χ0v) is 20.4. The summed E-state index contributed by atoms with van der Waals surface area (Å²) in [7, 11) is 3.17. The maximum Gasteiger partial charge on any atom is 0.230 e. The van der Waals surface area contributed by atoms with Gasteiger partial charge in [-0.25, -0.2) is 9.97 Å². The molecule has 1 amide bonds. The average molecular weight is 494 g/mol. The molecule has 1 N–H and O–H groups in total. The lowest BCUT2D eigenvalue weighted by atomic mass is 10.1. The quantitative estimate of drug-likeness (QED) is 0.319. The van der Waals surface area contributed by atoms with E-state index in [-0.39, 0.29) is 11.7 Å². The first-order valence-corrected chi connectivity index (χ1v) is 12.0. The highest BCUT2D eigenvalue weighted by molar-refractivity contribution is 7.99. The van der Waals surface area contributed by atoms with Crippen LogP contribution in [-0.4, -0.2) is 35.8 Å². The number of carbonyl (C=O) groups is 1. The minimum atomic E-state index is -0.109. The van der Waals surface area contributed by atoms with Gasteiger partial charge in [-0.2, -0.15) is 0 Å². The van der Waals surface area contributed by atoms with Crippen LogP contribution < -0.4 is 14.8 Å². The number of aromatic nitrogens is 2. The summed E-state index contributed by atoms with van der Waals surface area (Å²) in [6.07, 6.45) is 0.597. The maximum atomic E-state index is 12.6. The van der Waals surface area contributed by atoms with E-state index in [0.29, 0.717) is 29.5 Å². The summed E-state index contributed by atoms with van der Waals surface area (Å²) < 4.78 is 10.8. The van der Waals surface area contributed by atoms with Crippen molar-refractivity contribution in [3.8, 4) is 11.5 Å². The molecule has 3 aromatic carbocycles. The van der Waals surface area contributed by atoms with Crippen molar-refractivity contribution in [2.45, 2.75) is 18.0 Å². The fourth-order valence-electron chi connectivity index (χ4n) is 3.52. The normalized spacial score (nSPS) is 10.8. The van der Waals surface area contributed by atoms with E-state index in [1.165, 1.54) is 11.8 Å². The number of carbonyl (C=O) groups excluding carboxylic acids is 1. The van der Waals surface area contributed by atoms with Gasteiger partial charge in [0.15, 0.2) is 11.5 Å². The second-order valence-corrected chi connectivity index (χ2v) is 8.89. The molecule has 0 bridgehead atoms. The van der Waals surface area contributed by atoms with Gasteiger partial charge in [0.2, 0.25) is 5.91 Å². The fraction of sp³-hybridized carbons (Fsp3) is 0.192. The van der Waals surface area contributed by atoms with Gasteiger partial charge in [-0.1, -0.05) is 59.8 Å². The first kappa shape index (κ1) is 23.9. The Morgan fingerprint density at radius 3 is 2.38 bits per heavy atom. The zero-order chi connectivity index (χ0) is 23.9. The summed E-state index contributed by atoms with van der Waals surface area (Å²) in [4.78, 5) is 22.3. The van der Waals surface area contributed by atoms with Gasteiger partial charge in [-0.05, 0) is 35.9 Å². The number of methoxy groups -OCH3 is 2. The second-order valence-electron chi connectivity index (χ2n) is 7.49. The van der Waals surface area contributed by atoms with Gasteiger partial charge in [0.25, 0.3) is 0 Å². The Balaban J connectivity index is 1.48. The smallest absolute Gasteiger partial charge is 0.230 e. The van der Waals surface area contributed by atoms with Crippen molar-refractivity contribution in [2.75, 3.05) is 20.0 Å². The van der Waals surface area contributed by atoms with Crippen molar-refractivity contribution in [1.29, 1.82) is 0 Å². The standard InChI is InChI=1S/C26H24ClN3O3S/c1-32-23-9-5-6-18(25(23)33-2)15-28-24(31)16-34-26-22(14-17-10-12-19(27)13-11-17)29-20-7-3-4-8-21(20)30-26/h3-13H,14-16H2,1-2H3,(H,28,31). The number of hydrogen-bond donors (Lipinski definition) is 1. The van der Waals surface area contributed by atoms with Crippen molar-refractivity contribution in [3.05, 3.63) is 88.6 Å². The largest absolute Gasteiger partial charge is 0.493 e. The van der Waals surface area contributed by atoms with E-state index >= 15 is 0 Å². The van der Waals surface area contributed by atoms with Crippen LogP contribution in [0, 0.1) is 0 Å². The topological polar surface area (TPSA) is 73.3 Å². The highest BCUT2D eigenvalue weighted by Crippen LogP contribution is 2.30. The van der Waals surface area contributed by atoms with Crippen LogP contribution in [0.3, 0.4) is 0 Å². The molecule has 4 rings (SSSR count). The lowest BCUT2D eigenvalue weighted by Gasteiger charge is -2.13. The Labute approximate surface area is 207 Å². The zero-order valence-electron chi connectivity index (χ0n) is 18.9. The molecule has 174 valence electrons. The fourth-order valence-corrected chi connectivity index (χ4v) is 4.46. The van der Waals surface area contributed by atoms with Crippen LogP contribution in [0.4, 0.5) is 0 Å². The molecule has 0 spiro atoms. The van der Waals surface area contributed by atoms with Gasteiger partial charge in [0.05, 0.1) is 36.7 Å². The van der Waals surface area contributed by atoms with Gasteiger partial charge in [0.1, 0.15) is 5.03 Å². The Bertz CT molecular complexity index is 1300. The molecule has 0 saturated heterocycles. The monoisotopic (exact) mass is 493 g/mol. The number of thioether (sulfide) groups is 1. The molecule has 0 fully saturated rings. The number of nitrogens with one attached hydrogen (secondary N) is 1. The van der Waals surface area contributed by atoms with E-state index in [1.54, 1.807) is 14.2 Å². The highest BCUT2D eigenvalue weighted by Gasteiger charge is 2.14. The van der Waals surface area contributed by atoms with Gasteiger partial charge >= 0.3 is 0 Å². The van der Waals surface area contributed by atoms with Crippen molar-refractivity contribution in [2.24, 2.45) is 0 Å². The molecule has 0 unspecified atom stereocenters. The summed E-state index contributed by atoms with van der Waals surface area (Å²) in [5.74, 6) is 1.35. The molecular weight excluding hydrogens is 470 g/mol. The number of rotatable bonds is 9.